The van der Waals surface area contributed by atoms with Crippen LogP contribution in [-0.4, -0.2) is 37.0 Å². The summed E-state index contributed by atoms with van der Waals surface area (Å²) < 4.78 is 12.1. The van der Waals surface area contributed by atoms with Gasteiger partial charge in [0, 0.05) is 27.8 Å². The van der Waals surface area contributed by atoms with Gasteiger partial charge in [0.1, 0.15) is 7.85 Å². The zero-order valence-electron chi connectivity index (χ0n) is 18.2. The number of hydrogen-bond donors (Lipinski definition) is 1. The molecule has 7 rings (SSSR count). The lowest BCUT2D eigenvalue weighted by Gasteiger charge is -2.36. The summed E-state index contributed by atoms with van der Waals surface area (Å²) in [5, 5.41) is 2.21. The van der Waals surface area contributed by atoms with Crippen molar-refractivity contribution < 1.29 is 14.3 Å². The van der Waals surface area contributed by atoms with Crippen molar-refractivity contribution in [1.29, 1.82) is 0 Å². The summed E-state index contributed by atoms with van der Waals surface area (Å²) in [6.45, 7) is 0.837. The maximum absolute atomic E-state index is 13.9. The molecule has 3 aromatic carbocycles. The number of carbonyl (C=O) groups is 1. The Labute approximate surface area is 201 Å². The molecule has 1 N–H and O–H groups in total. The molecule has 4 heterocycles. The Kier molecular flexibility index (Phi) is 4.30. The van der Waals surface area contributed by atoms with Crippen molar-refractivity contribution in [3.63, 3.8) is 0 Å². The maximum Gasteiger partial charge on any atom is 0.264 e. The molecular weight excluding hydrogens is 443 g/mol. The number of nitrogens with zero attached hydrogens (tertiary/aromatic N) is 1. The number of aromatic nitrogens is 1. The Morgan fingerprint density at radius 3 is 2.82 bits per heavy atom. The van der Waals surface area contributed by atoms with Crippen molar-refractivity contribution in [3.05, 3.63) is 88.4 Å². The number of ether oxygens (including phenoxy) is 2. The summed E-state index contributed by atoms with van der Waals surface area (Å²) in [6, 6.07) is 21.8. The van der Waals surface area contributed by atoms with Gasteiger partial charge in [0.15, 0.2) is 11.5 Å². The molecule has 0 spiro atoms. The average molecular weight is 462 g/mol. The number of nitrogens with one attached hydrogen (secondary N) is 1. The molecule has 34 heavy (non-hydrogen) atoms. The SMILES string of the molecule is [B]c1cccc2cc(C(=O)N3CCc4c([nH]c5ccccc45)C3c3ccc4c(c3)OCO4)sc12. The van der Waals surface area contributed by atoms with Gasteiger partial charge in [0.2, 0.25) is 6.79 Å². The Balaban J connectivity index is 1.38. The molecule has 2 radical (unpaired) electrons. The van der Waals surface area contributed by atoms with Gasteiger partial charge in [-0.15, -0.1) is 11.3 Å². The van der Waals surface area contributed by atoms with E-state index < -0.39 is 0 Å². The van der Waals surface area contributed by atoms with Crippen molar-refractivity contribution in [1.82, 2.24) is 9.88 Å². The number of hydrogen-bond acceptors (Lipinski definition) is 4. The number of amides is 1. The molecule has 5 aromatic rings. The minimum atomic E-state index is -0.263. The lowest BCUT2D eigenvalue weighted by molar-refractivity contribution is 0.0697. The van der Waals surface area contributed by atoms with E-state index >= 15 is 0 Å². The van der Waals surface area contributed by atoms with Crippen LogP contribution in [0, 0.1) is 0 Å². The van der Waals surface area contributed by atoms with Crippen LogP contribution in [0.25, 0.3) is 21.0 Å². The van der Waals surface area contributed by atoms with E-state index in [1.807, 2.05) is 53.4 Å². The van der Waals surface area contributed by atoms with Crippen LogP contribution in [-0.2, 0) is 6.42 Å². The highest BCUT2D eigenvalue weighted by molar-refractivity contribution is 7.21. The summed E-state index contributed by atoms with van der Waals surface area (Å²) >= 11 is 1.46. The van der Waals surface area contributed by atoms with E-state index in [1.165, 1.54) is 22.3 Å². The molecule has 1 atom stereocenters. The van der Waals surface area contributed by atoms with Gasteiger partial charge in [-0.05, 0) is 47.2 Å². The number of fused-ring (bicyclic) bond motifs is 5. The number of rotatable bonds is 2. The van der Waals surface area contributed by atoms with Crippen LogP contribution in [0.1, 0.15) is 32.5 Å². The number of para-hydroxylation sites is 1. The molecule has 2 aromatic heterocycles. The summed E-state index contributed by atoms with van der Waals surface area (Å²) in [4.78, 5) is 20.2. The predicted octanol–water partition coefficient (Wildman–Crippen LogP) is 4.69. The third kappa shape index (κ3) is 2.90. The number of aromatic amines is 1. The molecule has 0 fully saturated rings. The first-order valence-electron chi connectivity index (χ1n) is 11.3. The van der Waals surface area contributed by atoms with E-state index in [-0.39, 0.29) is 18.7 Å². The molecule has 0 saturated carbocycles. The van der Waals surface area contributed by atoms with E-state index in [9.17, 15) is 4.79 Å². The number of carbonyl (C=O) groups excluding carboxylic acids is 1. The lowest BCUT2D eigenvalue weighted by Crippen LogP contribution is -2.40. The fourth-order valence-electron chi connectivity index (χ4n) is 5.22. The molecule has 1 amide bonds. The van der Waals surface area contributed by atoms with Gasteiger partial charge in [0.05, 0.1) is 10.9 Å². The molecule has 0 bridgehead atoms. The van der Waals surface area contributed by atoms with E-state index in [0.29, 0.717) is 22.6 Å². The molecule has 7 heteroatoms. The van der Waals surface area contributed by atoms with Crippen LogP contribution in [0.5, 0.6) is 11.5 Å². The van der Waals surface area contributed by atoms with Gasteiger partial charge in [-0.3, -0.25) is 4.79 Å². The lowest BCUT2D eigenvalue weighted by atomic mass is 9.92. The minimum Gasteiger partial charge on any atom is -0.454 e. The zero-order chi connectivity index (χ0) is 22.8. The molecule has 2 aliphatic rings. The maximum atomic E-state index is 13.9. The van der Waals surface area contributed by atoms with Crippen LogP contribution in [0.2, 0.25) is 0 Å². The fourth-order valence-corrected chi connectivity index (χ4v) is 6.26. The monoisotopic (exact) mass is 462 g/mol. The van der Waals surface area contributed by atoms with Crippen LogP contribution >= 0.6 is 11.3 Å². The summed E-state index contributed by atoms with van der Waals surface area (Å²) in [5.41, 5.74) is 5.10. The van der Waals surface area contributed by atoms with E-state index in [0.717, 1.165) is 39.0 Å². The van der Waals surface area contributed by atoms with E-state index in [1.54, 1.807) is 0 Å². The van der Waals surface area contributed by atoms with Gasteiger partial charge in [-0.25, -0.2) is 0 Å². The standard InChI is InChI=1S/C27H19BN2O3S/c28-19-6-3-4-16-13-23(34-26(16)19)27(31)30-11-10-18-17-5-1-2-7-20(17)29-24(18)25(30)15-8-9-21-22(12-15)33-14-32-21/h1-9,12-13,25,29H,10-11,14H2. The van der Waals surface area contributed by atoms with Crippen molar-refractivity contribution in [2.24, 2.45) is 0 Å². The molecule has 1 unspecified atom stereocenters. The average Bonchev–Trinajstić information content (AvgIpc) is 3.59. The molecule has 2 aliphatic heterocycles. The predicted molar refractivity (Wildman–Crippen MR) is 135 cm³/mol. The van der Waals surface area contributed by atoms with Crippen LogP contribution in [0.3, 0.4) is 0 Å². The largest absolute Gasteiger partial charge is 0.454 e. The minimum absolute atomic E-state index is 0.00701. The highest BCUT2D eigenvalue weighted by atomic mass is 32.1. The first-order valence-corrected chi connectivity index (χ1v) is 12.1. The molecule has 0 saturated heterocycles. The Morgan fingerprint density at radius 1 is 1.03 bits per heavy atom. The first-order chi connectivity index (χ1) is 16.7. The highest BCUT2D eigenvalue weighted by Crippen LogP contribution is 2.43. The third-order valence-corrected chi connectivity index (χ3v) is 7.98. The number of thiophene rings is 1. The quantitative estimate of drug-likeness (QED) is 0.388. The van der Waals surface area contributed by atoms with Crippen LogP contribution < -0.4 is 14.9 Å². The van der Waals surface area contributed by atoms with Gasteiger partial charge in [0.25, 0.3) is 5.91 Å². The molecule has 5 nitrogen and oxygen atoms in total. The van der Waals surface area contributed by atoms with Crippen LogP contribution in [0.15, 0.2) is 66.7 Å². The Bertz CT molecular complexity index is 1600. The Hall–Kier alpha value is -3.71. The van der Waals surface area contributed by atoms with Crippen molar-refractivity contribution in [2.45, 2.75) is 12.5 Å². The molecule has 0 aliphatic carbocycles. The van der Waals surface area contributed by atoms with Gasteiger partial charge >= 0.3 is 0 Å². The van der Waals surface area contributed by atoms with Crippen molar-refractivity contribution in [2.75, 3.05) is 13.3 Å². The second kappa shape index (κ2) is 7.40. The van der Waals surface area contributed by atoms with Crippen LogP contribution in [0.4, 0.5) is 0 Å². The van der Waals surface area contributed by atoms with Gasteiger partial charge < -0.3 is 19.4 Å². The summed E-state index contributed by atoms with van der Waals surface area (Å²) in [6.07, 6.45) is 0.791. The first kappa shape index (κ1) is 19.7. The third-order valence-electron chi connectivity index (χ3n) is 6.79. The molecule has 164 valence electrons. The smallest absolute Gasteiger partial charge is 0.264 e. The van der Waals surface area contributed by atoms with E-state index in [2.05, 4.69) is 23.2 Å². The van der Waals surface area contributed by atoms with E-state index in [4.69, 9.17) is 17.3 Å². The second-order valence-corrected chi connectivity index (χ2v) is 9.76. The van der Waals surface area contributed by atoms with Crippen molar-refractivity contribution >= 4 is 51.5 Å². The van der Waals surface area contributed by atoms with Gasteiger partial charge in [-0.2, -0.15) is 0 Å². The number of benzene rings is 3. The Morgan fingerprint density at radius 2 is 1.91 bits per heavy atom. The zero-order valence-corrected chi connectivity index (χ0v) is 19.0. The topological polar surface area (TPSA) is 54.6 Å². The fraction of sp³-hybridized carbons (Fsp3) is 0.148. The number of H-pyrrole nitrogens is 1. The summed E-state index contributed by atoms with van der Waals surface area (Å²) in [5.74, 6) is 1.45. The second-order valence-electron chi connectivity index (χ2n) is 8.70. The highest BCUT2D eigenvalue weighted by Gasteiger charge is 2.36. The summed E-state index contributed by atoms with van der Waals surface area (Å²) in [7, 11) is 6.18. The van der Waals surface area contributed by atoms with Crippen molar-refractivity contribution in [3.8, 4) is 11.5 Å². The normalized spacial score (nSPS) is 16.8. The van der Waals surface area contributed by atoms with Gasteiger partial charge in [-0.1, -0.05) is 47.9 Å². The molecular formula is C27H19BN2O3S.